The van der Waals surface area contributed by atoms with E-state index in [1.165, 1.54) is 26.0 Å². The Morgan fingerprint density at radius 2 is 2.03 bits per heavy atom. The van der Waals surface area contributed by atoms with Gasteiger partial charge in [0.25, 0.3) is 5.91 Å². The number of carbonyl (C=O) groups is 2. The van der Waals surface area contributed by atoms with Gasteiger partial charge in [-0.25, -0.2) is 4.79 Å². The van der Waals surface area contributed by atoms with Gasteiger partial charge < -0.3 is 30.1 Å². The summed E-state index contributed by atoms with van der Waals surface area (Å²) in [7, 11) is 1.28. The number of aromatic hydroxyl groups is 1. The fourth-order valence-electron chi connectivity index (χ4n) is 7.42. The highest BCUT2D eigenvalue weighted by Crippen LogP contribution is 2.66. The first-order valence-corrected chi connectivity index (χ1v) is 13.2. The highest BCUT2D eigenvalue weighted by atomic mass is 16.5. The van der Waals surface area contributed by atoms with E-state index >= 15 is 0 Å². The number of phenols is 1. The highest BCUT2D eigenvalue weighted by Gasteiger charge is 2.73. The number of aliphatic hydroxyl groups excluding tert-OH is 1. The Morgan fingerprint density at radius 1 is 1.21 bits per heavy atom. The first-order chi connectivity index (χ1) is 18.3. The van der Waals surface area contributed by atoms with Crippen molar-refractivity contribution in [3.05, 3.63) is 64.4 Å². The Hall–Kier alpha value is -3.56. The number of likely N-dealkylation sites (tertiary alicyclic amines) is 1. The van der Waals surface area contributed by atoms with Gasteiger partial charge >= 0.3 is 5.97 Å². The first kappa shape index (κ1) is 23.5. The van der Waals surface area contributed by atoms with Gasteiger partial charge in [-0.1, -0.05) is 12.1 Å². The summed E-state index contributed by atoms with van der Waals surface area (Å²) in [5.74, 6) is -0.456. The van der Waals surface area contributed by atoms with Gasteiger partial charge in [-0.2, -0.15) is 0 Å². The second-order valence-corrected chi connectivity index (χ2v) is 11.3. The van der Waals surface area contributed by atoms with E-state index in [0.29, 0.717) is 30.2 Å². The number of nitrogens with zero attached hydrogens (tertiary/aromatic N) is 1. The van der Waals surface area contributed by atoms with Crippen LogP contribution >= 0.6 is 0 Å². The van der Waals surface area contributed by atoms with E-state index in [4.69, 9.17) is 9.47 Å². The molecular formula is C29H30N2O7. The molecule has 0 radical (unpaired) electrons. The molecule has 4 atom stereocenters. The summed E-state index contributed by atoms with van der Waals surface area (Å²) >= 11 is 0. The van der Waals surface area contributed by atoms with Crippen LogP contribution in [0.15, 0.2) is 47.7 Å². The van der Waals surface area contributed by atoms with Crippen LogP contribution in [0.25, 0.3) is 0 Å². The number of nitrogens with one attached hydrogen (secondary N) is 1. The van der Waals surface area contributed by atoms with Crippen LogP contribution < -0.4 is 10.1 Å². The van der Waals surface area contributed by atoms with Gasteiger partial charge in [0.2, 0.25) is 0 Å². The lowest BCUT2D eigenvalue weighted by Gasteiger charge is -2.62. The highest BCUT2D eigenvalue weighted by molar-refractivity contribution is 6.05. The number of carbonyl (C=O) groups excluding carboxylic acids is 2. The number of hydrogen-bond acceptors (Lipinski definition) is 8. The van der Waals surface area contributed by atoms with Crippen molar-refractivity contribution in [2.75, 3.05) is 25.5 Å². The summed E-state index contributed by atoms with van der Waals surface area (Å²) in [5, 5.41) is 37.6. The number of phenolic OH excluding ortho intramolecular Hbond substituents is 1. The molecule has 3 aliphatic carbocycles. The van der Waals surface area contributed by atoms with Crippen LogP contribution in [0.3, 0.4) is 0 Å². The fourth-order valence-corrected chi connectivity index (χ4v) is 7.42. The van der Waals surface area contributed by atoms with Crippen molar-refractivity contribution in [2.45, 2.75) is 55.3 Å². The Balaban J connectivity index is 1.31. The standard InChI is InChI=1S/C29H30N2O7/c1-37-27(35)17-3-2-4-18(11-17)30-26(34)19-13-29(36)21-12-16-7-8-20(32)24-22(16)28(29,25(38-24)23(19)33)9-10-31(21)14-15-5-6-15/h2-4,7-8,11,15,21,25,32-33,36H,5-6,9-10,12-14H2,1H3,(H,30,34)/t21-,25+,28+,29-/m1/s1. The molecule has 1 saturated carbocycles. The predicted octanol–water partition coefficient (Wildman–Crippen LogP) is 2.80. The van der Waals surface area contributed by atoms with E-state index in [-0.39, 0.29) is 35.1 Å². The maximum absolute atomic E-state index is 13.6. The molecule has 2 heterocycles. The number of hydrogen-bond donors (Lipinski definition) is 4. The van der Waals surface area contributed by atoms with Crippen molar-refractivity contribution >= 4 is 17.6 Å². The van der Waals surface area contributed by atoms with Crippen molar-refractivity contribution in [1.82, 2.24) is 4.90 Å². The number of esters is 1. The molecule has 2 aromatic carbocycles. The number of amides is 1. The molecule has 1 spiro atoms. The SMILES string of the molecule is COC(=O)c1cccc(NC(=O)C2=C(O)[C@@H]3Oc4c(O)ccc5c4[C@@]34CCN(CC3CC3)[C@H](C5)[C@]4(O)C2)c1. The summed E-state index contributed by atoms with van der Waals surface area (Å²) in [4.78, 5) is 27.9. The van der Waals surface area contributed by atoms with Crippen LogP contribution in [0, 0.1) is 5.92 Å². The second kappa shape index (κ2) is 7.97. The third kappa shape index (κ3) is 3.06. The maximum atomic E-state index is 13.6. The molecule has 2 fully saturated rings. The molecule has 9 heteroatoms. The summed E-state index contributed by atoms with van der Waals surface area (Å²) in [6, 6.07) is 9.59. The average molecular weight is 519 g/mol. The molecule has 198 valence electrons. The molecule has 38 heavy (non-hydrogen) atoms. The Kier molecular flexibility index (Phi) is 4.94. The maximum Gasteiger partial charge on any atom is 0.337 e. The van der Waals surface area contributed by atoms with E-state index in [9.17, 15) is 24.9 Å². The van der Waals surface area contributed by atoms with Crippen molar-refractivity contribution in [3.8, 4) is 11.5 Å². The quantitative estimate of drug-likeness (QED) is 0.445. The van der Waals surface area contributed by atoms with Crippen LogP contribution in [0.5, 0.6) is 11.5 Å². The zero-order chi connectivity index (χ0) is 26.4. The van der Waals surface area contributed by atoms with Gasteiger partial charge in [0, 0.05) is 30.3 Å². The average Bonchev–Trinajstić information content (AvgIpc) is 3.65. The molecule has 2 bridgehead atoms. The molecular weight excluding hydrogens is 488 g/mol. The first-order valence-electron chi connectivity index (χ1n) is 13.2. The Labute approximate surface area is 219 Å². The normalized spacial score (nSPS) is 30.9. The monoisotopic (exact) mass is 518 g/mol. The van der Waals surface area contributed by atoms with Crippen LogP contribution in [-0.4, -0.2) is 70.0 Å². The zero-order valence-electron chi connectivity index (χ0n) is 21.1. The molecule has 2 aliphatic heterocycles. The lowest BCUT2D eigenvalue weighted by molar-refractivity contribution is -0.172. The van der Waals surface area contributed by atoms with Gasteiger partial charge in [0.15, 0.2) is 17.6 Å². The summed E-state index contributed by atoms with van der Waals surface area (Å²) in [6.07, 6.45) is 2.44. The largest absolute Gasteiger partial charge is 0.508 e. The van der Waals surface area contributed by atoms with Gasteiger partial charge in [-0.3, -0.25) is 9.69 Å². The third-order valence-corrected chi connectivity index (χ3v) is 9.33. The van der Waals surface area contributed by atoms with E-state index in [1.807, 2.05) is 6.07 Å². The number of benzene rings is 2. The number of methoxy groups -OCH3 is 1. The van der Waals surface area contributed by atoms with Crippen molar-refractivity contribution in [1.29, 1.82) is 0 Å². The van der Waals surface area contributed by atoms with Crippen LogP contribution in [-0.2, 0) is 21.4 Å². The molecule has 9 nitrogen and oxygen atoms in total. The smallest absolute Gasteiger partial charge is 0.337 e. The number of piperidine rings is 1. The molecule has 4 N–H and O–H groups in total. The Bertz CT molecular complexity index is 1420. The van der Waals surface area contributed by atoms with Crippen molar-refractivity contribution < 1.29 is 34.4 Å². The molecule has 2 aromatic rings. The molecule has 1 amide bonds. The van der Waals surface area contributed by atoms with Crippen molar-refractivity contribution in [2.24, 2.45) is 5.92 Å². The second-order valence-electron chi connectivity index (χ2n) is 11.3. The molecule has 0 unspecified atom stereocenters. The van der Waals surface area contributed by atoms with Gasteiger partial charge in [-0.05, 0) is 68.0 Å². The zero-order valence-corrected chi connectivity index (χ0v) is 21.1. The molecule has 5 aliphatic rings. The van der Waals surface area contributed by atoms with Crippen LogP contribution in [0.1, 0.15) is 47.2 Å². The van der Waals surface area contributed by atoms with Gasteiger partial charge in [-0.15, -0.1) is 0 Å². The topological polar surface area (TPSA) is 129 Å². The van der Waals surface area contributed by atoms with E-state index < -0.39 is 29.0 Å². The van der Waals surface area contributed by atoms with Crippen LogP contribution in [0.2, 0.25) is 0 Å². The fraction of sp³-hybridized carbons (Fsp3) is 0.448. The van der Waals surface area contributed by atoms with E-state index in [1.54, 1.807) is 24.3 Å². The van der Waals surface area contributed by atoms with E-state index in [2.05, 4.69) is 10.2 Å². The van der Waals surface area contributed by atoms with Gasteiger partial charge in [0.05, 0.1) is 29.3 Å². The van der Waals surface area contributed by atoms with Crippen LogP contribution in [0.4, 0.5) is 5.69 Å². The van der Waals surface area contributed by atoms with Crippen molar-refractivity contribution in [3.63, 3.8) is 0 Å². The van der Waals surface area contributed by atoms with Gasteiger partial charge in [0.1, 0.15) is 5.76 Å². The lowest BCUT2D eigenvalue weighted by Crippen LogP contribution is -2.75. The molecule has 0 aromatic heterocycles. The number of ether oxygens (including phenoxy) is 2. The molecule has 7 rings (SSSR count). The number of rotatable bonds is 5. The predicted molar refractivity (Wildman–Crippen MR) is 136 cm³/mol. The lowest BCUT2D eigenvalue weighted by atomic mass is 9.49. The number of aliphatic hydroxyl groups is 2. The van der Waals surface area contributed by atoms with E-state index in [0.717, 1.165) is 24.2 Å². The minimum Gasteiger partial charge on any atom is -0.508 e. The third-order valence-electron chi connectivity index (χ3n) is 9.33. The molecule has 1 saturated heterocycles. The number of anilines is 1. The Morgan fingerprint density at radius 3 is 2.79 bits per heavy atom. The minimum atomic E-state index is -1.39. The minimum absolute atomic E-state index is 0.0350. The summed E-state index contributed by atoms with van der Waals surface area (Å²) < 4.78 is 11.0. The summed E-state index contributed by atoms with van der Waals surface area (Å²) in [6.45, 7) is 1.64. The summed E-state index contributed by atoms with van der Waals surface area (Å²) in [5.41, 5.74) is 0.118.